The molecule has 0 atom stereocenters. The van der Waals surface area contributed by atoms with Crippen LogP contribution in [-0.2, 0) is 19.3 Å². The van der Waals surface area contributed by atoms with E-state index in [4.69, 9.17) is 39.1 Å². The van der Waals surface area contributed by atoms with Gasteiger partial charge in [0.05, 0.1) is 7.11 Å². The lowest BCUT2D eigenvalue weighted by Crippen LogP contribution is -2.13. The molecule has 20 N–H and O–H groups in total. The fourth-order valence-electron chi connectivity index (χ4n) is 13.1. The first kappa shape index (κ1) is 103. The first-order chi connectivity index (χ1) is 64.1. The maximum Gasteiger partial charge on any atom is 0.233 e. The van der Waals surface area contributed by atoms with E-state index in [1.54, 1.807) is 7.11 Å². The lowest BCUT2D eigenvalue weighted by Gasteiger charge is -2.12. The van der Waals surface area contributed by atoms with Crippen LogP contribution in [0.2, 0.25) is 0 Å². The van der Waals surface area contributed by atoms with E-state index in [-0.39, 0.29) is 35.7 Å². The molecule has 0 bridgehead atoms. The number of benzene rings is 7. The van der Waals surface area contributed by atoms with Crippen LogP contribution in [0.4, 0.5) is 117 Å². The largest absolute Gasteiger partial charge is 0.497 e. The van der Waals surface area contributed by atoms with Gasteiger partial charge < -0.3 is 81.7 Å². The number of methoxy groups -OCH3 is 1. The van der Waals surface area contributed by atoms with Crippen LogP contribution in [0.1, 0.15) is 228 Å². The second-order valence-corrected chi connectivity index (χ2v) is 32.0. The quantitative estimate of drug-likeness (QED) is 0.0158. The summed E-state index contributed by atoms with van der Waals surface area (Å²) in [6.07, 6.45) is 31.5. The van der Waals surface area contributed by atoms with Gasteiger partial charge in [-0.1, -0.05) is 247 Å². The van der Waals surface area contributed by atoms with E-state index in [0.717, 1.165) is 150 Å². The van der Waals surface area contributed by atoms with Crippen molar-refractivity contribution >= 4 is 117 Å². The number of nitrogens with zero attached hydrogens (tertiary/aromatic N) is 18. The van der Waals surface area contributed by atoms with Crippen LogP contribution in [0.3, 0.4) is 0 Å². The lowest BCUT2D eigenvalue weighted by molar-refractivity contribution is 0.415. The number of unbranched alkanes of at least 4 members (excludes halogenated alkanes) is 18. The van der Waals surface area contributed by atoms with Crippen molar-refractivity contribution < 1.29 is 4.74 Å². The van der Waals surface area contributed by atoms with Crippen molar-refractivity contribution in [1.29, 1.82) is 0 Å². The number of hydrogen-bond donors (Lipinski definition) is 14. The van der Waals surface area contributed by atoms with Gasteiger partial charge in [0.2, 0.25) is 83.3 Å². The third-order valence-corrected chi connectivity index (χ3v) is 20.0. The van der Waals surface area contributed by atoms with Gasteiger partial charge in [0, 0.05) is 72.0 Å². The van der Waals surface area contributed by atoms with Gasteiger partial charge in [-0.3, -0.25) is 0 Å². The number of anilines is 20. The molecule has 0 amide bonds. The summed E-state index contributed by atoms with van der Waals surface area (Å²) < 4.78 is 5.22. The van der Waals surface area contributed by atoms with Crippen molar-refractivity contribution in [2.45, 2.75) is 236 Å². The highest BCUT2D eigenvalue weighted by molar-refractivity contribution is 5.65. The van der Waals surface area contributed by atoms with Gasteiger partial charge in [-0.25, -0.2) is 0 Å². The number of nitrogen functional groups attached to an aromatic ring is 6. The van der Waals surface area contributed by atoms with E-state index in [0.29, 0.717) is 53.2 Å². The normalized spacial score (nSPS) is 10.5. The zero-order valence-corrected chi connectivity index (χ0v) is 79.0. The van der Waals surface area contributed by atoms with Crippen LogP contribution >= 0.6 is 0 Å². The Hall–Kier alpha value is -14.4. The lowest BCUT2D eigenvalue weighted by atomic mass is 10.1. The molecule has 0 aliphatic heterocycles. The highest BCUT2D eigenvalue weighted by atomic mass is 16.5. The molecule has 13 aromatic rings. The van der Waals surface area contributed by atoms with Gasteiger partial charge in [-0.15, -0.1) is 0 Å². The third-order valence-electron chi connectivity index (χ3n) is 20.0. The molecule has 0 saturated carbocycles. The van der Waals surface area contributed by atoms with Gasteiger partial charge in [0.15, 0.2) is 5.82 Å². The smallest absolute Gasteiger partial charge is 0.233 e. The summed E-state index contributed by atoms with van der Waals surface area (Å²) in [5.74, 6) is 8.86. The van der Waals surface area contributed by atoms with Crippen molar-refractivity contribution in [2.24, 2.45) is 0 Å². The average Bonchev–Trinajstić information content (AvgIpc) is 0.839. The monoisotopic (exact) mass is 1790 g/mol. The van der Waals surface area contributed by atoms with Gasteiger partial charge >= 0.3 is 0 Å². The van der Waals surface area contributed by atoms with E-state index < -0.39 is 0 Å². The SMILES string of the molecule is CCCCCCCCCCCc1nc(N)nc(N)n1.CCCCCCCc1nc(N)nc(N)n1.CCCCCCCc1nc(NCCCC)nc(NCCCC)n1.COc1ccc(Nc2nc(Nc3cccc(C)c3)nc(Nc3cccc(C)c3)n2)cc1.Cc1ccc(Nc2nc(Nc3cccc(C)c3)nc(Nc3cccc(C)c3)n2)cc1.Nc1nc(N)nc(-c2ccccc2)n1. The average molecular weight is 1790 g/mol. The Bertz CT molecular complexity index is 5240. The maximum atomic E-state index is 5.53. The Morgan fingerprint density at radius 2 is 0.508 bits per heavy atom. The van der Waals surface area contributed by atoms with E-state index in [2.05, 4.69) is 174 Å². The summed E-state index contributed by atoms with van der Waals surface area (Å²) in [6.45, 7) is 23.2. The van der Waals surface area contributed by atoms with Gasteiger partial charge in [0.25, 0.3) is 0 Å². The summed E-state index contributed by atoms with van der Waals surface area (Å²) in [5.41, 5.74) is 45.0. The van der Waals surface area contributed by atoms with Crippen LogP contribution in [0.5, 0.6) is 5.75 Å². The Labute approximate surface area is 779 Å². The summed E-state index contributed by atoms with van der Waals surface area (Å²) in [6, 6.07) is 57.3. The Kier molecular flexibility index (Phi) is 46.0. The topological polar surface area (TPSA) is 494 Å². The Morgan fingerprint density at radius 3 is 0.811 bits per heavy atom. The molecule has 0 unspecified atom stereocenters. The number of nitrogens with two attached hydrogens (primary N) is 6. The molecule has 13 rings (SSSR count). The molecule has 0 saturated heterocycles. The van der Waals surface area contributed by atoms with E-state index in [1.807, 2.05) is 204 Å². The number of ether oxygens (including phenoxy) is 1. The molecular formula is C99H138N32O. The van der Waals surface area contributed by atoms with Crippen molar-refractivity contribution in [3.63, 3.8) is 0 Å². The maximum absolute atomic E-state index is 5.53. The zero-order valence-electron chi connectivity index (χ0n) is 79.0. The van der Waals surface area contributed by atoms with Gasteiger partial charge in [-0.2, -0.15) is 89.7 Å². The van der Waals surface area contributed by atoms with E-state index in [9.17, 15) is 0 Å². The van der Waals surface area contributed by atoms with Crippen LogP contribution in [-0.4, -0.2) is 110 Å². The van der Waals surface area contributed by atoms with Gasteiger partial charge in [0.1, 0.15) is 23.2 Å². The first-order valence-electron chi connectivity index (χ1n) is 46.3. The fraction of sp³-hybridized carbons (Fsp3) is 0.394. The van der Waals surface area contributed by atoms with Gasteiger partial charge in [-0.05, 0) is 174 Å². The summed E-state index contributed by atoms with van der Waals surface area (Å²) in [5, 5.41) is 26.2. The molecule has 132 heavy (non-hydrogen) atoms. The summed E-state index contributed by atoms with van der Waals surface area (Å²) in [7, 11) is 1.64. The molecule has 6 heterocycles. The van der Waals surface area contributed by atoms with Crippen LogP contribution in [0.25, 0.3) is 11.4 Å². The molecular weight excluding hydrogens is 1650 g/mol. The Morgan fingerprint density at radius 1 is 0.235 bits per heavy atom. The predicted molar refractivity (Wildman–Crippen MR) is 542 cm³/mol. The summed E-state index contributed by atoms with van der Waals surface area (Å²) >= 11 is 0. The second kappa shape index (κ2) is 58.9. The molecule has 700 valence electrons. The van der Waals surface area contributed by atoms with Crippen LogP contribution in [0, 0.1) is 34.6 Å². The minimum Gasteiger partial charge on any atom is -0.497 e. The standard InChI is InChI=1S/C24H24N6O.C24H24N6.C18H35N5.C14H27N5.C10H19N5.C9H9N5/c1-16-6-4-8-19(14-16)26-23-28-22(25-18-10-12-21(31-3)13-11-18)29-24(30-23)27-20-9-5-7-17(2)15-20;1-16-10-12-19(13-11-16)25-22-28-23(26-20-8-4-6-17(2)14-20)30-24(29-22)27-21-9-5-7-18(3)15-21;1-4-7-10-11-12-13-16-21-17(19-14-8-5-2)23-18(22-16)20-15-9-6-3;1-2-3-4-5-6-7-8-9-10-11-12-17-13(15)19-14(16)18-12;1-2-3-4-5-6-7-8-13-9(11)15-10(12)14-8;10-8-12-7(13-9(11)14-8)6-4-2-1-3-5-6/h4-15H,1-3H3,(H3,25,26,27,28,29,30);4-15H,1-3H3,(H3,25,26,27,28,29,30);4-15H2,1-3H3,(H2,19,20,21,22,23);2-11H2,1H3,(H4,15,16,17,18,19);2-7H2,1H3,(H4,11,12,13,14,15);1-5H,(H4,10,11,12,13,14). The number of hydrogen-bond acceptors (Lipinski definition) is 33. The molecule has 6 aromatic heterocycles. The zero-order chi connectivity index (χ0) is 94.3. The third kappa shape index (κ3) is 41.8. The van der Waals surface area contributed by atoms with Crippen molar-refractivity contribution in [3.8, 4) is 17.1 Å². The van der Waals surface area contributed by atoms with E-state index >= 15 is 0 Å². The molecule has 0 aliphatic carbocycles. The number of rotatable bonds is 44. The minimum atomic E-state index is 0.136. The molecule has 0 radical (unpaired) electrons. The van der Waals surface area contributed by atoms with E-state index in [1.165, 1.54) is 121 Å². The first-order valence-corrected chi connectivity index (χ1v) is 46.3. The van der Waals surface area contributed by atoms with Crippen LogP contribution < -0.4 is 81.7 Å². The molecule has 33 nitrogen and oxygen atoms in total. The molecule has 0 fully saturated rings. The second-order valence-electron chi connectivity index (χ2n) is 32.0. The highest BCUT2D eigenvalue weighted by Crippen LogP contribution is 2.27. The number of aromatic nitrogens is 18. The summed E-state index contributed by atoms with van der Waals surface area (Å²) in [4.78, 5) is 76.3. The minimum absolute atomic E-state index is 0.136. The molecule has 0 aliphatic rings. The fourth-order valence-corrected chi connectivity index (χ4v) is 13.1. The van der Waals surface area contributed by atoms with Crippen molar-refractivity contribution in [1.82, 2.24) is 89.7 Å². The highest BCUT2D eigenvalue weighted by Gasteiger charge is 2.15. The number of aryl methyl sites for hydroxylation is 8. The molecule has 7 aromatic carbocycles. The van der Waals surface area contributed by atoms with Crippen molar-refractivity contribution in [2.75, 3.05) is 97.1 Å². The number of nitrogens with one attached hydrogen (secondary N) is 8. The molecule has 0 spiro atoms. The Balaban J connectivity index is 0.000000200. The van der Waals surface area contributed by atoms with Crippen LogP contribution in [0.15, 0.2) is 176 Å². The molecule has 33 heteroatoms. The van der Waals surface area contributed by atoms with Crippen molar-refractivity contribution in [3.05, 3.63) is 221 Å². The predicted octanol–water partition coefficient (Wildman–Crippen LogP) is 21.9.